The fraction of sp³-hybridized carbons (Fsp3) is 0.150. The lowest BCUT2D eigenvalue weighted by molar-refractivity contribution is 0.102. The Morgan fingerprint density at radius 3 is 2.29 bits per heavy atom. The molecule has 1 amide bonds. The molecule has 0 atom stereocenters. The number of nitrogens with one attached hydrogen (secondary N) is 2. The van der Waals surface area contributed by atoms with Crippen LogP contribution in [-0.2, 0) is 10.0 Å². The van der Waals surface area contributed by atoms with Crippen molar-refractivity contribution in [3.05, 3.63) is 77.6 Å². The highest BCUT2D eigenvalue weighted by atomic mass is 35.5. The van der Waals surface area contributed by atoms with E-state index in [1.807, 2.05) is 29.1 Å². The summed E-state index contributed by atoms with van der Waals surface area (Å²) in [5, 5.41) is 3.40. The minimum Gasteiger partial charge on any atom is -0.322 e. The van der Waals surface area contributed by atoms with Gasteiger partial charge in [0.1, 0.15) is 0 Å². The Hall–Kier alpha value is -2.61. The SMILES string of the molecule is CC(C)NS(=O)(=O)c1ccc(C(=O)Nc2ccc(Cl)cc2-n2cccc2)cc1. The van der Waals surface area contributed by atoms with E-state index in [0.717, 1.165) is 5.69 Å². The molecule has 0 bridgehead atoms. The number of aromatic nitrogens is 1. The summed E-state index contributed by atoms with van der Waals surface area (Å²) in [4.78, 5) is 12.7. The van der Waals surface area contributed by atoms with E-state index < -0.39 is 10.0 Å². The van der Waals surface area contributed by atoms with Crippen LogP contribution in [0.4, 0.5) is 5.69 Å². The number of rotatable bonds is 6. The van der Waals surface area contributed by atoms with Gasteiger partial charge in [-0.05, 0) is 68.4 Å². The largest absolute Gasteiger partial charge is 0.322 e. The fourth-order valence-corrected chi connectivity index (χ4v) is 4.09. The molecule has 3 rings (SSSR count). The van der Waals surface area contributed by atoms with Crippen molar-refractivity contribution in [2.24, 2.45) is 0 Å². The van der Waals surface area contributed by atoms with E-state index in [0.29, 0.717) is 16.3 Å². The van der Waals surface area contributed by atoms with E-state index in [9.17, 15) is 13.2 Å². The summed E-state index contributed by atoms with van der Waals surface area (Å²) in [7, 11) is -3.60. The molecule has 6 nitrogen and oxygen atoms in total. The van der Waals surface area contributed by atoms with E-state index >= 15 is 0 Å². The Bertz CT molecular complexity index is 1080. The van der Waals surface area contributed by atoms with Crippen molar-refractivity contribution < 1.29 is 13.2 Å². The molecule has 1 aromatic heterocycles. The van der Waals surface area contributed by atoms with Crippen molar-refractivity contribution in [3.63, 3.8) is 0 Å². The van der Waals surface area contributed by atoms with Gasteiger partial charge in [-0.2, -0.15) is 0 Å². The van der Waals surface area contributed by atoms with Crippen molar-refractivity contribution in [1.29, 1.82) is 0 Å². The third-order valence-electron chi connectivity index (χ3n) is 3.91. The van der Waals surface area contributed by atoms with Gasteiger partial charge in [-0.1, -0.05) is 11.6 Å². The molecule has 0 aliphatic heterocycles. The summed E-state index contributed by atoms with van der Waals surface area (Å²) in [5.41, 5.74) is 1.66. The van der Waals surface area contributed by atoms with E-state index in [1.165, 1.54) is 24.3 Å². The van der Waals surface area contributed by atoms with Crippen LogP contribution in [0.15, 0.2) is 71.9 Å². The van der Waals surface area contributed by atoms with Crippen LogP contribution in [0.2, 0.25) is 5.02 Å². The maximum absolute atomic E-state index is 12.6. The smallest absolute Gasteiger partial charge is 0.255 e. The number of halogens is 1. The number of benzene rings is 2. The lowest BCUT2D eigenvalue weighted by Crippen LogP contribution is -2.30. The predicted molar refractivity (Wildman–Crippen MR) is 111 cm³/mol. The second kappa shape index (κ2) is 8.18. The van der Waals surface area contributed by atoms with E-state index in [2.05, 4.69) is 10.0 Å². The number of amides is 1. The second-order valence-corrected chi connectivity index (χ2v) is 8.66. The van der Waals surface area contributed by atoms with Gasteiger partial charge in [0.2, 0.25) is 10.0 Å². The maximum atomic E-state index is 12.6. The third kappa shape index (κ3) is 4.62. The van der Waals surface area contributed by atoms with Crippen LogP contribution in [-0.4, -0.2) is 24.9 Å². The van der Waals surface area contributed by atoms with Crippen molar-refractivity contribution in [3.8, 4) is 5.69 Å². The van der Waals surface area contributed by atoms with Gasteiger partial charge in [-0.15, -0.1) is 0 Å². The summed E-state index contributed by atoms with van der Waals surface area (Å²) < 4.78 is 28.7. The highest BCUT2D eigenvalue weighted by Gasteiger charge is 2.16. The molecule has 0 spiro atoms. The van der Waals surface area contributed by atoms with Gasteiger partial charge in [0.05, 0.1) is 16.3 Å². The van der Waals surface area contributed by atoms with Crippen LogP contribution >= 0.6 is 11.6 Å². The minimum absolute atomic E-state index is 0.109. The zero-order chi connectivity index (χ0) is 20.3. The van der Waals surface area contributed by atoms with Crippen molar-refractivity contribution in [2.75, 3.05) is 5.32 Å². The van der Waals surface area contributed by atoms with E-state index in [-0.39, 0.29) is 16.8 Å². The Morgan fingerprint density at radius 1 is 1.04 bits per heavy atom. The first-order chi connectivity index (χ1) is 13.3. The number of hydrogen-bond acceptors (Lipinski definition) is 3. The molecule has 0 aliphatic rings. The molecule has 2 aromatic carbocycles. The Kier molecular flexibility index (Phi) is 5.88. The number of anilines is 1. The van der Waals surface area contributed by atoms with Crippen LogP contribution in [0.25, 0.3) is 5.69 Å². The molecule has 0 unspecified atom stereocenters. The number of sulfonamides is 1. The Balaban J connectivity index is 1.83. The van der Waals surface area contributed by atoms with Gasteiger partial charge >= 0.3 is 0 Å². The standard InChI is InChI=1S/C20H20ClN3O3S/c1-14(2)23-28(26,27)17-8-5-15(6-9-17)20(25)22-18-10-7-16(21)13-19(18)24-11-3-4-12-24/h3-14,23H,1-2H3,(H,22,25). The Morgan fingerprint density at radius 2 is 1.68 bits per heavy atom. The number of carbonyl (C=O) groups is 1. The van der Waals surface area contributed by atoms with Gasteiger partial charge in [0, 0.05) is 29.0 Å². The van der Waals surface area contributed by atoms with Crippen LogP contribution in [0.5, 0.6) is 0 Å². The predicted octanol–water partition coefficient (Wildman–Crippen LogP) is 4.07. The van der Waals surface area contributed by atoms with Gasteiger partial charge in [-0.25, -0.2) is 13.1 Å². The van der Waals surface area contributed by atoms with Gasteiger partial charge in [0.15, 0.2) is 0 Å². The highest BCUT2D eigenvalue weighted by Crippen LogP contribution is 2.25. The molecule has 0 saturated heterocycles. The number of carbonyl (C=O) groups excluding carboxylic acids is 1. The topological polar surface area (TPSA) is 80.2 Å². The molecular weight excluding hydrogens is 398 g/mol. The zero-order valence-electron chi connectivity index (χ0n) is 15.4. The van der Waals surface area contributed by atoms with Crippen molar-refractivity contribution in [2.45, 2.75) is 24.8 Å². The average Bonchev–Trinajstić information content (AvgIpc) is 3.17. The number of nitrogens with zero attached hydrogens (tertiary/aromatic N) is 1. The van der Waals surface area contributed by atoms with E-state index in [4.69, 9.17) is 11.6 Å². The third-order valence-corrected chi connectivity index (χ3v) is 5.82. The molecule has 3 aromatic rings. The second-order valence-electron chi connectivity index (χ2n) is 6.51. The number of hydrogen-bond donors (Lipinski definition) is 2. The normalized spacial score (nSPS) is 11.6. The molecule has 2 N–H and O–H groups in total. The van der Waals surface area contributed by atoms with Crippen LogP contribution < -0.4 is 10.0 Å². The first-order valence-electron chi connectivity index (χ1n) is 8.63. The first kappa shape index (κ1) is 20.1. The zero-order valence-corrected chi connectivity index (χ0v) is 17.0. The summed E-state index contributed by atoms with van der Waals surface area (Å²) in [6.45, 7) is 3.49. The van der Waals surface area contributed by atoms with Crippen molar-refractivity contribution >= 4 is 33.2 Å². The Labute approximate surface area is 169 Å². The summed E-state index contributed by atoms with van der Waals surface area (Å²) >= 11 is 6.09. The monoisotopic (exact) mass is 417 g/mol. The van der Waals surface area contributed by atoms with Gasteiger partial charge in [-0.3, -0.25) is 4.79 Å². The van der Waals surface area contributed by atoms with Crippen LogP contribution in [0.3, 0.4) is 0 Å². The molecule has 0 radical (unpaired) electrons. The molecule has 0 fully saturated rings. The quantitative estimate of drug-likeness (QED) is 0.634. The minimum atomic E-state index is -3.60. The fourth-order valence-electron chi connectivity index (χ4n) is 2.68. The first-order valence-corrected chi connectivity index (χ1v) is 10.5. The molecule has 28 heavy (non-hydrogen) atoms. The van der Waals surface area contributed by atoms with Gasteiger partial charge < -0.3 is 9.88 Å². The highest BCUT2D eigenvalue weighted by molar-refractivity contribution is 7.89. The molecule has 0 aliphatic carbocycles. The van der Waals surface area contributed by atoms with Crippen LogP contribution in [0.1, 0.15) is 24.2 Å². The summed E-state index contributed by atoms with van der Waals surface area (Å²) in [6.07, 6.45) is 3.70. The van der Waals surface area contributed by atoms with Gasteiger partial charge in [0.25, 0.3) is 5.91 Å². The van der Waals surface area contributed by atoms with E-state index in [1.54, 1.807) is 32.0 Å². The molecule has 146 valence electrons. The average molecular weight is 418 g/mol. The molecule has 8 heteroatoms. The summed E-state index contributed by atoms with van der Waals surface area (Å²) in [6, 6.07) is 14.5. The maximum Gasteiger partial charge on any atom is 0.255 e. The molecule has 0 saturated carbocycles. The van der Waals surface area contributed by atoms with Crippen LogP contribution in [0, 0.1) is 0 Å². The lowest BCUT2D eigenvalue weighted by atomic mass is 10.2. The molecule has 1 heterocycles. The lowest BCUT2D eigenvalue weighted by Gasteiger charge is -2.13. The van der Waals surface area contributed by atoms with Crippen molar-refractivity contribution in [1.82, 2.24) is 9.29 Å². The summed E-state index contributed by atoms with van der Waals surface area (Å²) in [5.74, 6) is -0.350. The molecular formula is C20H20ClN3O3S.